The predicted octanol–water partition coefficient (Wildman–Crippen LogP) is 3.73. The predicted molar refractivity (Wildman–Crippen MR) is 71.3 cm³/mol. The fourth-order valence-electron chi connectivity index (χ4n) is 1.78. The van der Waals surface area contributed by atoms with Crippen molar-refractivity contribution < 1.29 is 26.3 Å². The van der Waals surface area contributed by atoms with Crippen LogP contribution in [0.1, 0.15) is 18.1 Å². The number of anilines is 1. The number of hydrogen-bond acceptors (Lipinski definition) is 2. The molecule has 2 N–H and O–H groups in total. The van der Waals surface area contributed by atoms with Crippen LogP contribution in [-0.4, -0.2) is 24.3 Å². The zero-order valence-corrected chi connectivity index (χ0v) is 11.7. The number of alkyl halides is 6. The van der Waals surface area contributed by atoms with Crippen molar-refractivity contribution in [3.05, 3.63) is 29.3 Å². The van der Waals surface area contributed by atoms with Crippen LogP contribution >= 0.6 is 12.2 Å². The van der Waals surface area contributed by atoms with Gasteiger partial charge in [0.1, 0.15) is 11.5 Å². The van der Waals surface area contributed by atoms with Crippen LogP contribution in [0, 0.1) is 0 Å². The Hall–Kier alpha value is -1.51. The molecule has 0 bridgehead atoms. The molecule has 0 amide bonds. The van der Waals surface area contributed by atoms with E-state index in [-0.39, 0.29) is 12.2 Å². The fraction of sp³-hybridized carbons (Fsp3) is 0.417. The summed E-state index contributed by atoms with van der Waals surface area (Å²) in [5, 5.41) is 0. The molecular weight excluding hydrogens is 318 g/mol. The van der Waals surface area contributed by atoms with Gasteiger partial charge in [0.15, 0.2) is 0 Å². The second-order valence-corrected chi connectivity index (χ2v) is 4.66. The van der Waals surface area contributed by atoms with Gasteiger partial charge in [-0.1, -0.05) is 12.2 Å². The van der Waals surface area contributed by atoms with E-state index in [0.29, 0.717) is 6.07 Å². The minimum Gasteiger partial charge on any atom is -0.389 e. The van der Waals surface area contributed by atoms with Crippen molar-refractivity contribution in [3.8, 4) is 0 Å². The summed E-state index contributed by atoms with van der Waals surface area (Å²) in [4.78, 5) is 0.325. The van der Waals surface area contributed by atoms with Crippen molar-refractivity contribution in [1.82, 2.24) is 0 Å². The van der Waals surface area contributed by atoms with Crippen molar-refractivity contribution in [2.45, 2.75) is 19.3 Å². The van der Waals surface area contributed by atoms with Gasteiger partial charge in [-0.05, 0) is 25.1 Å². The molecule has 0 aliphatic rings. The van der Waals surface area contributed by atoms with Crippen LogP contribution in [-0.2, 0) is 6.18 Å². The lowest BCUT2D eigenvalue weighted by molar-refractivity contribution is -0.137. The fourth-order valence-corrected chi connectivity index (χ4v) is 1.96. The molecule has 0 aliphatic heterocycles. The third-order valence-electron chi connectivity index (χ3n) is 2.69. The highest BCUT2D eigenvalue weighted by atomic mass is 32.1. The van der Waals surface area contributed by atoms with Crippen LogP contribution in [0.25, 0.3) is 0 Å². The standard InChI is InChI=1S/C12H12F6N2S/c1-2-20(6-11(13,14)15)7-3-4-8(10(19)21)9(5-7)12(16,17)18/h3-5H,2,6H2,1H3,(H2,19,21). The molecule has 1 aromatic rings. The van der Waals surface area contributed by atoms with E-state index in [1.54, 1.807) is 0 Å². The summed E-state index contributed by atoms with van der Waals surface area (Å²) in [5.41, 5.74) is 3.46. The first-order chi connectivity index (χ1) is 9.45. The normalized spacial score (nSPS) is 12.3. The lowest BCUT2D eigenvalue weighted by Crippen LogP contribution is -2.34. The molecule has 1 aromatic carbocycles. The van der Waals surface area contributed by atoms with E-state index >= 15 is 0 Å². The Morgan fingerprint density at radius 2 is 1.76 bits per heavy atom. The Labute approximate surface area is 122 Å². The summed E-state index contributed by atoms with van der Waals surface area (Å²) in [6.45, 7) is -0.0169. The maximum Gasteiger partial charge on any atom is 0.417 e. The monoisotopic (exact) mass is 330 g/mol. The van der Waals surface area contributed by atoms with Gasteiger partial charge in [-0.2, -0.15) is 26.3 Å². The first kappa shape index (κ1) is 17.5. The summed E-state index contributed by atoms with van der Waals surface area (Å²) < 4.78 is 76.1. The molecule has 2 nitrogen and oxygen atoms in total. The summed E-state index contributed by atoms with van der Waals surface area (Å²) in [5.74, 6) is 0. The molecule has 0 atom stereocenters. The van der Waals surface area contributed by atoms with Crippen molar-refractivity contribution in [2.75, 3.05) is 18.0 Å². The van der Waals surface area contributed by atoms with E-state index in [4.69, 9.17) is 5.73 Å². The largest absolute Gasteiger partial charge is 0.417 e. The van der Waals surface area contributed by atoms with Gasteiger partial charge in [-0.15, -0.1) is 0 Å². The van der Waals surface area contributed by atoms with Gasteiger partial charge in [-0.3, -0.25) is 0 Å². The minimum absolute atomic E-state index is 0.0940. The quantitative estimate of drug-likeness (QED) is 0.674. The van der Waals surface area contributed by atoms with Crippen molar-refractivity contribution in [3.63, 3.8) is 0 Å². The lowest BCUT2D eigenvalue weighted by Gasteiger charge is -2.25. The summed E-state index contributed by atoms with van der Waals surface area (Å²) in [6, 6.07) is 2.75. The number of thiocarbonyl (C=S) groups is 1. The molecule has 9 heteroatoms. The summed E-state index contributed by atoms with van der Waals surface area (Å²) in [6.07, 6.45) is -9.28. The maximum atomic E-state index is 12.9. The van der Waals surface area contributed by atoms with Gasteiger partial charge in [0, 0.05) is 17.8 Å². The third-order valence-corrected chi connectivity index (χ3v) is 2.91. The average molecular weight is 330 g/mol. The second-order valence-electron chi connectivity index (χ2n) is 4.22. The molecule has 0 spiro atoms. The molecule has 0 radical (unpaired) electrons. The van der Waals surface area contributed by atoms with E-state index in [1.165, 1.54) is 6.92 Å². The zero-order chi connectivity index (χ0) is 16.4. The number of nitrogens with two attached hydrogens (primary N) is 1. The Morgan fingerprint density at radius 3 is 2.14 bits per heavy atom. The SMILES string of the molecule is CCN(CC(F)(F)F)c1ccc(C(N)=S)c(C(F)(F)F)c1. The average Bonchev–Trinajstić information content (AvgIpc) is 2.33. The van der Waals surface area contributed by atoms with Gasteiger partial charge in [0.25, 0.3) is 0 Å². The van der Waals surface area contributed by atoms with Crippen LogP contribution < -0.4 is 10.6 Å². The lowest BCUT2D eigenvalue weighted by atomic mass is 10.1. The minimum atomic E-state index is -4.76. The topological polar surface area (TPSA) is 29.3 Å². The first-order valence-corrected chi connectivity index (χ1v) is 6.19. The second kappa shape index (κ2) is 6.08. The van der Waals surface area contributed by atoms with Crippen molar-refractivity contribution in [1.29, 1.82) is 0 Å². The van der Waals surface area contributed by atoms with Gasteiger partial charge >= 0.3 is 12.4 Å². The molecule has 118 valence electrons. The Balaban J connectivity index is 3.30. The number of hydrogen-bond donors (Lipinski definition) is 1. The first-order valence-electron chi connectivity index (χ1n) is 5.78. The van der Waals surface area contributed by atoms with E-state index in [9.17, 15) is 26.3 Å². The molecule has 0 unspecified atom stereocenters. The molecule has 0 aromatic heterocycles. The van der Waals surface area contributed by atoms with Crippen LogP contribution in [0.5, 0.6) is 0 Å². The Kier molecular flexibility index (Phi) is 5.08. The number of halogens is 6. The van der Waals surface area contributed by atoms with Gasteiger partial charge < -0.3 is 10.6 Å². The Bertz CT molecular complexity index is 523. The van der Waals surface area contributed by atoms with E-state index in [0.717, 1.165) is 17.0 Å². The molecule has 0 saturated carbocycles. The smallest absolute Gasteiger partial charge is 0.389 e. The van der Waals surface area contributed by atoms with Crippen LogP contribution in [0.3, 0.4) is 0 Å². The summed E-state index contributed by atoms with van der Waals surface area (Å²) >= 11 is 4.53. The molecule has 1 rings (SSSR count). The third kappa shape index (κ3) is 4.76. The van der Waals surface area contributed by atoms with E-state index in [1.807, 2.05) is 0 Å². The van der Waals surface area contributed by atoms with Gasteiger partial charge in [0.2, 0.25) is 0 Å². The molecule has 0 fully saturated rings. The highest BCUT2D eigenvalue weighted by Crippen LogP contribution is 2.35. The summed E-state index contributed by atoms with van der Waals surface area (Å²) in [7, 11) is 0. The van der Waals surface area contributed by atoms with Crippen LogP contribution in [0.2, 0.25) is 0 Å². The molecule has 0 heterocycles. The molecule has 21 heavy (non-hydrogen) atoms. The van der Waals surface area contributed by atoms with Crippen LogP contribution in [0.15, 0.2) is 18.2 Å². The van der Waals surface area contributed by atoms with Crippen molar-refractivity contribution in [2.24, 2.45) is 5.73 Å². The van der Waals surface area contributed by atoms with Crippen LogP contribution in [0.4, 0.5) is 32.0 Å². The molecule has 0 saturated heterocycles. The van der Waals surface area contributed by atoms with E-state index in [2.05, 4.69) is 12.2 Å². The maximum absolute atomic E-state index is 12.9. The number of benzene rings is 1. The highest BCUT2D eigenvalue weighted by molar-refractivity contribution is 7.80. The molecule has 0 aliphatic carbocycles. The number of rotatable bonds is 4. The highest BCUT2D eigenvalue weighted by Gasteiger charge is 2.36. The van der Waals surface area contributed by atoms with E-state index < -0.39 is 35.0 Å². The number of nitrogens with zero attached hydrogens (tertiary/aromatic N) is 1. The Morgan fingerprint density at radius 1 is 1.19 bits per heavy atom. The molecular formula is C12H12F6N2S. The van der Waals surface area contributed by atoms with Crippen molar-refractivity contribution >= 4 is 22.9 Å². The van der Waals surface area contributed by atoms with Gasteiger partial charge in [0.05, 0.1) is 5.56 Å². The zero-order valence-electron chi connectivity index (χ0n) is 10.8. The van der Waals surface area contributed by atoms with Gasteiger partial charge in [-0.25, -0.2) is 0 Å².